The molecule has 0 saturated carbocycles. The van der Waals surface area contributed by atoms with Gasteiger partial charge in [-0.2, -0.15) is 0 Å². The highest BCUT2D eigenvalue weighted by Gasteiger charge is 2.12. The number of halogens is 1. The van der Waals surface area contributed by atoms with Gasteiger partial charge in [0.15, 0.2) is 11.6 Å². The van der Waals surface area contributed by atoms with Gasteiger partial charge in [0, 0.05) is 11.3 Å². The molecule has 0 bridgehead atoms. The first-order chi connectivity index (χ1) is 9.70. The van der Waals surface area contributed by atoms with Crippen molar-refractivity contribution >= 4 is 11.3 Å². The Hall–Kier alpha value is -1.39. The zero-order valence-electron chi connectivity index (χ0n) is 11.5. The number of aliphatic hydroxyl groups is 1. The molecule has 0 aliphatic rings. The summed E-state index contributed by atoms with van der Waals surface area (Å²) in [5.41, 5.74) is 0.507. The first kappa shape index (κ1) is 15.0. The van der Waals surface area contributed by atoms with Crippen LogP contribution in [0.4, 0.5) is 4.39 Å². The number of aryl methyl sites for hydroxylation is 1. The summed E-state index contributed by atoms with van der Waals surface area (Å²) in [6.45, 7) is 0. The molecule has 0 radical (unpaired) electrons. The molecule has 0 aliphatic heterocycles. The zero-order valence-corrected chi connectivity index (χ0v) is 12.3. The Morgan fingerprint density at radius 3 is 2.85 bits per heavy atom. The van der Waals surface area contributed by atoms with Crippen molar-refractivity contribution in [1.82, 2.24) is 0 Å². The van der Waals surface area contributed by atoms with Crippen LogP contribution < -0.4 is 4.74 Å². The summed E-state index contributed by atoms with van der Waals surface area (Å²) in [6.07, 6.45) is 2.36. The Morgan fingerprint density at radius 1 is 1.30 bits per heavy atom. The molecule has 1 N–H and O–H groups in total. The molecule has 0 amide bonds. The van der Waals surface area contributed by atoms with Crippen LogP contribution in [0.25, 0.3) is 0 Å². The number of ether oxygens (including phenoxy) is 1. The fourth-order valence-corrected chi connectivity index (χ4v) is 2.95. The maximum atomic E-state index is 13.9. The number of aliphatic hydroxyl groups excluding tert-OH is 1. The summed E-state index contributed by atoms with van der Waals surface area (Å²) in [5.74, 6) is -0.138. The molecule has 2 rings (SSSR count). The molecule has 1 aromatic heterocycles. The number of benzene rings is 1. The largest absolute Gasteiger partial charge is 0.494 e. The summed E-state index contributed by atoms with van der Waals surface area (Å²) in [6, 6.07) is 9.15. The standard InChI is InChI=1S/C16H19FO2S/c1-19-15-9-2-5-12(16(15)17)11-13(18)6-3-7-14-8-4-10-20-14/h2,4-5,8-10,13,18H,3,6-7,11H2,1H3. The van der Waals surface area contributed by atoms with Gasteiger partial charge in [0.05, 0.1) is 13.2 Å². The second kappa shape index (κ2) is 7.41. The molecule has 1 heterocycles. The van der Waals surface area contributed by atoms with Gasteiger partial charge in [-0.25, -0.2) is 4.39 Å². The minimum atomic E-state index is -0.517. The quantitative estimate of drug-likeness (QED) is 0.841. The number of rotatable bonds is 7. The van der Waals surface area contributed by atoms with Crippen molar-refractivity contribution in [2.24, 2.45) is 0 Å². The smallest absolute Gasteiger partial charge is 0.168 e. The van der Waals surface area contributed by atoms with Crippen LogP contribution in [0.1, 0.15) is 23.3 Å². The minimum Gasteiger partial charge on any atom is -0.494 e. The van der Waals surface area contributed by atoms with Crippen molar-refractivity contribution in [2.75, 3.05) is 7.11 Å². The second-order valence-corrected chi connectivity index (χ2v) is 5.80. The highest BCUT2D eigenvalue weighted by Crippen LogP contribution is 2.22. The lowest BCUT2D eigenvalue weighted by atomic mass is 10.0. The average Bonchev–Trinajstić information content (AvgIpc) is 2.94. The van der Waals surface area contributed by atoms with Crippen LogP contribution in [0.5, 0.6) is 5.75 Å². The van der Waals surface area contributed by atoms with Crippen molar-refractivity contribution in [3.63, 3.8) is 0 Å². The third kappa shape index (κ3) is 4.05. The molecule has 1 atom stereocenters. The maximum absolute atomic E-state index is 13.9. The molecular weight excluding hydrogens is 275 g/mol. The van der Waals surface area contributed by atoms with Gasteiger partial charge in [-0.05, 0) is 42.3 Å². The molecule has 0 spiro atoms. The van der Waals surface area contributed by atoms with Crippen molar-refractivity contribution in [1.29, 1.82) is 0 Å². The van der Waals surface area contributed by atoms with E-state index in [1.54, 1.807) is 29.5 Å². The van der Waals surface area contributed by atoms with E-state index in [1.807, 2.05) is 6.07 Å². The van der Waals surface area contributed by atoms with Gasteiger partial charge < -0.3 is 9.84 Å². The SMILES string of the molecule is COc1cccc(CC(O)CCCc2cccs2)c1F. The van der Waals surface area contributed by atoms with Crippen LogP contribution in [0.3, 0.4) is 0 Å². The third-order valence-electron chi connectivity index (χ3n) is 3.26. The number of methoxy groups -OCH3 is 1. The summed E-state index contributed by atoms with van der Waals surface area (Å²) in [4.78, 5) is 1.32. The van der Waals surface area contributed by atoms with Gasteiger partial charge >= 0.3 is 0 Å². The van der Waals surface area contributed by atoms with Gasteiger partial charge in [0.1, 0.15) is 0 Å². The lowest BCUT2D eigenvalue weighted by Crippen LogP contribution is -2.12. The Labute approximate surface area is 122 Å². The summed E-state index contributed by atoms with van der Waals surface area (Å²) >= 11 is 1.73. The van der Waals surface area contributed by atoms with Crippen LogP contribution >= 0.6 is 11.3 Å². The van der Waals surface area contributed by atoms with Crippen LogP contribution in [-0.2, 0) is 12.8 Å². The Bertz CT molecular complexity index is 525. The van der Waals surface area contributed by atoms with Gasteiger partial charge in [-0.15, -0.1) is 11.3 Å². The van der Waals surface area contributed by atoms with E-state index in [4.69, 9.17) is 4.74 Å². The molecule has 4 heteroatoms. The predicted octanol–water partition coefficient (Wildman–Crippen LogP) is 3.82. The summed E-state index contributed by atoms with van der Waals surface area (Å²) in [7, 11) is 1.44. The molecule has 108 valence electrons. The van der Waals surface area contributed by atoms with E-state index >= 15 is 0 Å². The third-order valence-corrected chi connectivity index (χ3v) is 4.20. The zero-order chi connectivity index (χ0) is 14.4. The molecular formula is C16H19FO2S. The van der Waals surface area contributed by atoms with E-state index in [1.165, 1.54) is 12.0 Å². The number of hydrogen-bond donors (Lipinski definition) is 1. The summed E-state index contributed by atoms with van der Waals surface area (Å²) in [5, 5.41) is 12.1. The number of thiophene rings is 1. The van der Waals surface area contributed by atoms with E-state index in [9.17, 15) is 9.50 Å². The lowest BCUT2D eigenvalue weighted by Gasteiger charge is -2.12. The van der Waals surface area contributed by atoms with Gasteiger partial charge in [0.25, 0.3) is 0 Å². The molecule has 1 aromatic carbocycles. The fourth-order valence-electron chi connectivity index (χ4n) is 2.19. The minimum absolute atomic E-state index is 0.230. The van der Waals surface area contributed by atoms with E-state index in [0.717, 1.165) is 12.8 Å². The van der Waals surface area contributed by atoms with Crippen LogP contribution in [0.2, 0.25) is 0 Å². The first-order valence-corrected chi connectivity index (χ1v) is 7.60. The molecule has 1 unspecified atom stereocenters. The van der Waals surface area contributed by atoms with E-state index in [0.29, 0.717) is 18.4 Å². The lowest BCUT2D eigenvalue weighted by molar-refractivity contribution is 0.161. The van der Waals surface area contributed by atoms with Crippen molar-refractivity contribution in [3.05, 3.63) is 52.0 Å². The molecule has 0 aliphatic carbocycles. The van der Waals surface area contributed by atoms with Gasteiger partial charge in [-0.3, -0.25) is 0 Å². The highest BCUT2D eigenvalue weighted by molar-refractivity contribution is 7.09. The second-order valence-electron chi connectivity index (χ2n) is 4.76. The number of hydrogen-bond acceptors (Lipinski definition) is 3. The van der Waals surface area contributed by atoms with Crippen LogP contribution in [0, 0.1) is 5.82 Å². The molecule has 20 heavy (non-hydrogen) atoms. The molecule has 0 fully saturated rings. The van der Waals surface area contributed by atoms with Crippen molar-refractivity contribution < 1.29 is 14.2 Å². The van der Waals surface area contributed by atoms with E-state index in [2.05, 4.69) is 11.4 Å². The molecule has 0 saturated heterocycles. The molecule has 2 nitrogen and oxygen atoms in total. The Morgan fingerprint density at radius 2 is 2.15 bits per heavy atom. The Kier molecular flexibility index (Phi) is 5.56. The maximum Gasteiger partial charge on any atom is 0.168 e. The fraction of sp³-hybridized carbons (Fsp3) is 0.375. The van der Waals surface area contributed by atoms with Crippen LogP contribution in [-0.4, -0.2) is 18.3 Å². The van der Waals surface area contributed by atoms with Crippen molar-refractivity contribution in [2.45, 2.75) is 31.8 Å². The normalized spacial score (nSPS) is 12.3. The Balaban J connectivity index is 1.83. The predicted molar refractivity (Wildman–Crippen MR) is 79.9 cm³/mol. The first-order valence-electron chi connectivity index (χ1n) is 6.72. The summed E-state index contributed by atoms with van der Waals surface area (Å²) < 4.78 is 18.9. The highest BCUT2D eigenvalue weighted by atomic mass is 32.1. The van der Waals surface area contributed by atoms with Gasteiger partial charge in [-0.1, -0.05) is 18.2 Å². The van der Waals surface area contributed by atoms with Gasteiger partial charge in [0.2, 0.25) is 0 Å². The molecule has 2 aromatic rings. The average molecular weight is 294 g/mol. The van der Waals surface area contributed by atoms with E-state index in [-0.39, 0.29) is 11.6 Å². The monoisotopic (exact) mass is 294 g/mol. The topological polar surface area (TPSA) is 29.5 Å². The van der Waals surface area contributed by atoms with E-state index < -0.39 is 6.10 Å². The van der Waals surface area contributed by atoms with Crippen LogP contribution in [0.15, 0.2) is 35.7 Å². The van der Waals surface area contributed by atoms with Crippen molar-refractivity contribution in [3.8, 4) is 5.75 Å².